The monoisotopic (exact) mass is 540 g/mol. The molecule has 1 fully saturated rings. The van der Waals surface area contributed by atoms with E-state index in [1.54, 1.807) is 19.6 Å². The van der Waals surface area contributed by atoms with Crippen LogP contribution in [0.1, 0.15) is 75.3 Å². The summed E-state index contributed by atoms with van der Waals surface area (Å²) >= 11 is 0. The average molecular weight is 541 g/mol. The number of aliphatic imine (C=N–C) groups is 1. The first-order chi connectivity index (χ1) is 18.9. The summed E-state index contributed by atoms with van der Waals surface area (Å²) in [4.78, 5) is 33.2. The fourth-order valence-electron chi connectivity index (χ4n) is 4.99. The maximum Gasteiger partial charge on any atom is 0.188 e. The van der Waals surface area contributed by atoms with Crippen LogP contribution in [0.15, 0.2) is 35.8 Å². The summed E-state index contributed by atoms with van der Waals surface area (Å²) in [7, 11) is 3.45. The number of rotatable bonds is 17. The number of hydrogen-bond donors (Lipinski definition) is 4. The number of ether oxygens (including phenoxy) is 1. The lowest BCUT2D eigenvalue weighted by molar-refractivity contribution is -0.127. The van der Waals surface area contributed by atoms with Crippen LogP contribution in [-0.2, 0) is 29.1 Å². The van der Waals surface area contributed by atoms with Crippen LogP contribution in [0.4, 0.5) is 0 Å². The second-order valence-corrected chi connectivity index (χ2v) is 10.3. The van der Waals surface area contributed by atoms with Gasteiger partial charge in [0.15, 0.2) is 17.5 Å². The molecule has 0 unspecified atom stereocenters. The van der Waals surface area contributed by atoms with Crippen LogP contribution in [0, 0.1) is 0 Å². The molecule has 0 spiro atoms. The van der Waals surface area contributed by atoms with Crippen molar-refractivity contribution in [2.24, 2.45) is 10.7 Å². The first-order valence-corrected chi connectivity index (χ1v) is 14.0. The molecule has 1 aromatic heterocycles. The van der Waals surface area contributed by atoms with Gasteiger partial charge in [-0.1, -0.05) is 6.07 Å². The minimum Gasteiger partial charge on any atom is -0.504 e. The molecule has 3 rings (SSSR count). The first-order valence-electron chi connectivity index (χ1n) is 14.0. The first kappa shape index (κ1) is 30.1. The normalized spacial score (nSPS) is 14.9. The molecule has 10 heteroatoms. The van der Waals surface area contributed by atoms with E-state index in [0.29, 0.717) is 37.5 Å². The quantitative estimate of drug-likeness (QED) is 0.136. The van der Waals surface area contributed by atoms with Gasteiger partial charge in [-0.15, -0.1) is 0 Å². The Morgan fingerprint density at radius 3 is 2.69 bits per heavy atom. The third kappa shape index (κ3) is 10.4. The van der Waals surface area contributed by atoms with Crippen LogP contribution in [-0.4, -0.2) is 58.4 Å². The second-order valence-electron chi connectivity index (χ2n) is 10.3. The van der Waals surface area contributed by atoms with E-state index >= 15 is 0 Å². The van der Waals surface area contributed by atoms with Crippen molar-refractivity contribution in [2.45, 2.75) is 95.9 Å². The molecule has 0 radical (unpaired) electrons. The fraction of sp³-hybridized carbons (Fsp3) is 0.586. The zero-order valence-corrected chi connectivity index (χ0v) is 23.3. The summed E-state index contributed by atoms with van der Waals surface area (Å²) in [5, 5.41) is 16.9. The van der Waals surface area contributed by atoms with Crippen molar-refractivity contribution in [2.75, 3.05) is 14.1 Å². The maximum atomic E-state index is 12.6. The highest BCUT2D eigenvalue weighted by atomic mass is 16.5. The number of aryl methyl sites for hydroxylation is 2. The third-order valence-corrected chi connectivity index (χ3v) is 7.16. The van der Waals surface area contributed by atoms with Gasteiger partial charge in [-0.2, -0.15) is 0 Å². The topological polar surface area (TPSA) is 144 Å². The minimum absolute atomic E-state index is 0.0441. The summed E-state index contributed by atoms with van der Waals surface area (Å²) in [6.07, 6.45) is 13.1. The van der Waals surface area contributed by atoms with E-state index < -0.39 is 0 Å². The Kier molecular flexibility index (Phi) is 12.3. The maximum absolute atomic E-state index is 12.6. The van der Waals surface area contributed by atoms with E-state index in [1.165, 1.54) is 0 Å². The molecule has 0 saturated heterocycles. The Bertz CT molecular complexity index is 1080. The summed E-state index contributed by atoms with van der Waals surface area (Å²) < 4.78 is 8.09. The molecule has 1 saturated carbocycles. The fourth-order valence-corrected chi connectivity index (χ4v) is 4.99. The van der Waals surface area contributed by atoms with Crippen molar-refractivity contribution in [3.63, 3.8) is 0 Å². The van der Waals surface area contributed by atoms with Gasteiger partial charge in [0.1, 0.15) is 11.6 Å². The van der Waals surface area contributed by atoms with Gasteiger partial charge in [-0.05, 0) is 70.0 Å². The van der Waals surface area contributed by atoms with E-state index in [4.69, 9.17) is 10.5 Å². The Labute approximate surface area is 231 Å². The van der Waals surface area contributed by atoms with Gasteiger partial charge in [0, 0.05) is 57.0 Å². The number of aromatic nitrogens is 2. The van der Waals surface area contributed by atoms with Crippen molar-refractivity contribution >= 4 is 17.5 Å². The standard InChI is InChI=1S/C29H44N6O4/c1-31-19-22-16-21(17-27(28(22)38)39-26-8-3-4-9-26)10-11-25(37)18-24(36)7-5-6-23(34-29(30)32-2)12-14-35-15-13-33-20-35/h13,15-17,20,23,26,31,38H,3-12,14,18-19H2,1-2H3,(H3,30,32,34)/t23-/m1/s1. The van der Waals surface area contributed by atoms with Crippen LogP contribution in [0.2, 0.25) is 0 Å². The van der Waals surface area contributed by atoms with E-state index in [0.717, 1.165) is 56.2 Å². The number of carbonyl (C=O) groups excluding carboxylic acids is 2. The van der Waals surface area contributed by atoms with Crippen molar-refractivity contribution < 1.29 is 19.4 Å². The largest absolute Gasteiger partial charge is 0.504 e. The Hall–Kier alpha value is -3.40. The number of guanidine groups is 1. The lowest BCUT2D eigenvalue weighted by atomic mass is 9.99. The highest BCUT2D eigenvalue weighted by molar-refractivity contribution is 5.99. The smallest absolute Gasteiger partial charge is 0.188 e. The third-order valence-electron chi connectivity index (χ3n) is 7.16. The Morgan fingerprint density at radius 1 is 1.23 bits per heavy atom. The molecule has 1 aliphatic rings. The number of imidazole rings is 1. The molecule has 1 heterocycles. The number of hydrogen-bond acceptors (Lipinski definition) is 7. The zero-order chi connectivity index (χ0) is 28.0. The molecule has 1 aromatic carbocycles. The van der Waals surface area contributed by atoms with Crippen LogP contribution < -0.4 is 21.1 Å². The van der Waals surface area contributed by atoms with Crippen molar-refractivity contribution in [1.82, 2.24) is 20.2 Å². The van der Waals surface area contributed by atoms with Crippen molar-refractivity contribution in [3.05, 3.63) is 42.0 Å². The summed E-state index contributed by atoms with van der Waals surface area (Å²) in [6, 6.07) is 3.82. The zero-order valence-electron chi connectivity index (χ0n) is 23.3. The lowest BCUT2D eigenvalue weighted by Crippen LogP contribution is -2.40. The van der Waals surface area contributed by atoms with E-state index in [-0.39, 0.29) is 42.3 Å². The summed E-state index contributed by atoms with van der Waals surface area (Å²) in [5.41, 5.74) is 7.54. The number of nitrogens with one attached hydrogen (secondary N) is 2. The number of Topliss-reactive ketones (excluding diaryl/α,β-unsaturated/α-hetero) is 2. The van der Waals surface area contributed by atoms with E-state index in [2.05, 4.69) is 20.6 Å². The van der Waals surface area contributed by atoms with Gasteiger partial charge in [0.25, 0.3) is 0 Å². The molecule has 1 aliphatic carbocycles. The molecule has 39 heavy (non-hydrogen) atoms. The number of ketones is 2. The van der Waals surface area contributed by atoms with Crippen LogP contribution in [0.3, 0.4) is 0 Å². The van der Waals surface area contributed by atoms with Gasteiger partial charge in [-0.25, -0.2) is 4.98 Å². The van der Waals surface area contributed by atoms with Gasteiger partial charge in [0.05, 0.1) is 18.9 Å². The number of nitrogens with zero attached hydrogens (tertiary/aromatic N) is 3. The summed E-state index contributed by atoms with van der Waals surface area (Å²) in [5.74, 6) is 0.899. The minimum atomic E-state index is -0.0707. The van der Waals surface area contributed by atoms with Crippen LogP contribution in [0.5, 0.6) is 11.5 Å². The van der Waals surface area contributed by atoms with Crippen LogP contribution >= 0.6 is 0 Å². The summed E-state index contributed by atoms with van der Waals surface area (Å²) in [6.45, 7) is 1.28. The predicted molar refractivity (Wildman–Crippen MR) is 152 cm³/mol. The van der Waals surface area contributed by atoms with Crippen LogP contribution in [0.25, 0.3) is 0 Å². The average Bonchev–Trinajstić information content (AvgIpc) is 3.63. The van der Waals surface area contributed by atoms with Crippen molar-refractivity contribution in [3.8, 4) is 11.5 Å². The number of phenols is 1. The highest BCUT2D eigenvalue weighted by Gasteiger charge is 2.20. The number of phenolic OH excluding ortho intramolecular Hbond substituents is 1. The highest BCUT2D eigenvalue weighted by Crippen LogP contribution is 2.35. The second kappa shape index (κ2) is 15.9. The van der Waals surface area contributed by atoms with Gasteiger partial charge >= 0.3 is 0 Å². The van der Waals surface area contributed by atoms with Gasteiger partial charge in [0.2, 0.25) is 0 Å². The molecular weight excluding hydrogens is 496 g/mol. The number of carbonyl (C=O) groups is 2. The molecule has 5 N–H and O–H groups in total. The molecule has 214 valence electrons. The van der Waals surface area contributed by atoms with E-state index in [1.807, 2.05) is 29.9 Å². The molecule has 0 bridgehead atoms. The number of aromatic hydroxyl groups is 1. The Morgan fingerprint density at radius 2 is 2.00 bits per heavy atom. The molecule has 2 aromatic rings. The molecular formula is C29H44N6O4. The van der Waals surface area contributed by atoms with E-state index in [9.17, 15) is 14.7 Å². The molecule has 10 nitrogen and oxygen atoms in total. The van der Waals surface area contributed by atoms with Crippen molar-refractivity contribution in [1.29, 1.82) is 0 Å². The van der Waals surface area contributed by atoms with Gasteiger partial charge < -0.3 is 30.8 Å². The molecule has 0 amide bonds. The molecule has 1 atom stereocenters. The van der Waals surface area contributed by atoms with Gasteiger partial charge in [-0.3, -0.25) is 14.6 Å². The molecule has 0 aliphatic heterocycles. The predicted octanol–water partition coefficient (Wildman–Crippen LogP) is 3.25. The SMILES string of the molecule is CN=C(N)N[C@H](CCCC(=O)CC(=O)CCc1cc(CNC)c(O)c(OC2CCCC2)c1)CCn1ccnc1. The lowest BCUT2D eigenvalue weighted by Gasteiger charge is -2.19. The Balaban J connectivity index is 1.46. The number of nitrogens with two attached hydrogens (primary N) is 1. The number of benzene rings is 1.